The zero-order valence-corrected chi connectivity index (χ0v) is 19.2. The molecule has 174 valence electrons. The van der Waals surface area contributed by atoms with Crippen molar-refractivity contribution in [1.82, 2.24) is 5.32 Å². The maximum Gasteiger partial charge on any atom is 0.311 e. The Bertz CT molecular complexity index is 1080. The first-order valence-corrected chi connectivity index (χ1v) is 11.7. The highest BCUT2D eigenvalue weighted by Gasteiger charge is 2.18. The molecular weight excluding hydrogens is 439 g/mol. The molecule has 0 saturated carbocycles. The van der Waals surface area contributed by atoms with E-state index < -0.39 is 21.7 Å². The molecule has 0 aliphatic rings. The number of benzene rings is 2. The summed E-state index contributed by atoms with van der Waals surface area (Å²) in [4.78, 5) is 24.0. The van der Waals surface area contributed by atoms with Gasteiger partial charge in [-0.05, 0) is 35.2 Å². The molecule has 2 aromatic rings. The van der Waals surface area contributed by atoms with E-state index in [1.165, 1.54) is 18.2 Å². The Labute approximate surface area is 187 Å². The van der Waals surface area contributed by atoms with Gasteiger partial charge in [-0.3, -0.25) is 14.3 Å². The molecule has 0 radical (unpaired) electrons. The average molecular weight is 467 g/mol. The molecule has 2 N–H and O–H groups in total. The van der Waals surface area contributed by atoms with E-state index in [1.807, 2.05) is 20.8 Å². The van der Waals surface area contributed by atoms with E-state index in [4.69, 9.17) is 9.47 Å². The zero-order chi connectivity index (χ0) is 23.9. The number of hydrogen-bond donors (Lipinski definition) is 2. The average Bonchev–Trinajstić information content (AvgIpc) is 2.64. The fourth-order valence-corrected chi connectivity index (χ4v) is 3.14. The first-order valence-electron chi connectivity index (χ1n) is 9.77. The van der Waals surface area contributed by atoms with Crippen molar-refractivity contribution >= 4 is 27.6 Å². The third-order valence-corrected chi connectivity index (χ3v) is 4.49. The summed E-state index contributed by atoms with van der Waals surface area (Å²) in [5, 5.41) is 2.58. The molecule has 32 heavy (non-hydrogen) atoms. The number of rotatable bonds is 9. The van der Waals surface area contributed by atoms with Crippen molar-refractivity contribution in [3.63, 3.8) is 0 Å². The van der Waals surface area contributed by atoms with Gasteiger partial charge in [0.2, 0.25) is 10.0 Å². The van der Waals surface area contributed by atoms with Crippen LogP contribution in [0.2, 0.25) is 0 Å². The number of anilines is 1. The lowest BCUT2D eigenvalue weighted by Crippen LogP contribution is -2.28. The minimum absolute atomic E-state index is 0.0305. The molecule has 0 atom stereocenters. The topological polar surface area (TPSA) is 111 Å². The van der Waals surface area contributed by atoms with Gasteiger partial charge >= 0.3 is 5.97 Å². The highest BCUT2D eigenvalue weighted by Crippen LogP contribution is 2.23. The molecule has 2 aromatic carbocycles. The molecule has 0 bridgehead atoms. The number of sulfonamides is 1. The Morgan fingerprint density at radius 1 is 1.06 bits per heavy atom. The highest BCUT2D eigenvalue weighted by atomic mass is 32.2. The van der Waals surface area contributed by atoms with Crippen LogP contribution < -0.4 is 19.5 Å². The van der Waals surface area contributed by atoms with Crippen LogP contribution in [-0.2, 0) is 26.2 Å². The summed E-state index contributed by atoms with van der Waals surface area (Å²) < 4.78 is 49.2. The molecule has 0 aliphatic heterocycles. The molecule has 0 heterocycles. The predicted octanol–water partition coefficient (Wildman–Crippen LogP) is 3.23. The molecular formula is C22H27FN2O6S. The second-order valence-electron chi connectivity index (χ2n) is 8.44. The quantitative estimate of drug-likeness (QED) is 0.434. The van der Waals surface area contributed by atoms with Crippen LogP contribution in [0.15, 0.2) is 42.5 Å². The SMILES string of the molecule is CC(C)(C)CC(=O)Oc1cccc(OCC(=O)NCc2ccc(NS(C)(=O)=O)c(F)c2)c1. The van der Waals surface area contributed by atoms with Crippen LogP contribution in [0.1, 0.15) is 32.8 Å². The van der Waals surface area contributed by atoms with Crippen LogP contribution >= 0.6 is 0 Å². The third-order valence-electron chi connectivity index (χ3n) is 3.90. The number of carbonyl (C=O) groups is 2. The van der Waals surface area contributed by atoms with Crippen molar-refractivity contribution < 1.29 is 31.9 Å². The minimum atomic E-state index is -3.59. The van der Waals surface area contributed by atoms with Gasteiger partial charge in [0.1, 0.15) is 17.3 Å². The largest absolute Gasteiger partial charge is 0.484 e. The van der Waals surface area contributed by atoms with Gasteiger partial charge in [0.25, 0.3) is 5.91 Å². The Morgan fingerprint density at radius 3 is 2.38 bits per heavy atom. The number of hydrogen-bond acceptors (Lipinski definition) is 6. The van der Waals surface area contributed by atoms with E-state index in [1.54, 1.807) is 18.2 Å². The van der Waals surface area contributed by atoms with Crippen molar-refractivity contribution in [2.75, 3.05) is 17.6 Å². The van der Waals surface area contributed by atoms with Crippen LogP contribution in [0, 0.1) is 11.2 Å². The molecule has 0 saturated heterocycles. The normalized spacial score (nSPS) is 11.5. The van der Waals surface area contributed by atoms with Crippen molar-refractivity contribution in [3.05, 3.63) is 53.8 Å². The molecule has 10 heteroatoms. The Balaban J connectivity index is 1.84. The summed E-state index contributed by atoms with van der Waals surface area (Å²) in [6.45, 7) is 5.53. The summed E-state index contributed by atoms with van der Waals surface area (Å²) in [5.41, 5.74) is 0.0770. The Morgan fingerprint density at radius 2 is 1.75 bits per heavy atom. The van der Waals surface area contributed by atoms with E-state index in [9.17, 15) is 22.4 Å². The van der Waals surface area contributed by atoms with Gasteiger partial charge in [0.15, 0.2) is 6.61 Å². The van der Waals surface area contributed by atoms with Gasteiger partial charge in [-0.25, -0.2) is 12.8 Å². The van der Waals surface area contributed by atoms with Crippen molar-refractivity contribution in [2.24, 2.45) is 5.41 Å². The second-order valence-corrected chi connectivity index (χ2v) is 10.2. The monoisotopic (exact) mass is 466 g/mol. The van der Waals surface area contributed by atoms with Crippen LogP contribution in [0.3, 0.4) is 0 Å². The maximum absolute atomic E-state index is 14.0. The van der Waals surface area contributed by atoms with E-state index in [0.29, 0.717) is 17.1 Å². The van der Waals surface area contributed by atoms with Gasteiger partial charge in [0.05, 0.1) is 18.4 Å². The second kappa shape index (κ2) is 10.4. The number of nitrogens with one attached hydrogen (secondary N) is 2. The first kappa shape index (κ1) is 25.1. The summed E-state index contributed by atoms with van der Waals surface area (Å²) in [7, 11) is -3.59. The van der Waals surface area contributed by atoms with Crippen molar-refractivity contribution in [3.8, 4) is 11.5 Å². The lowest BCUT2D eigenvalue weighted by atomic mass is 9.92. The van der Waals surface area contributed by atoms with E-state index in [0.717, 1.165) is 12.3 Å². The number of esters is 1. The van der Waals surface area contributed by atoms with Crippen LogP contribution in [0.5, 0.6) is 11.5 Å². The fourth-order valence-electron chi connectivity index (χ4n) is 2.58. The predicted molar refractivity (Wildman–Crippen MR) is 118 cm³/mol. The first-order chi connectivity index (χ1) is 14.8. The smallest absolute Gasteiger partial charge is 0.311 e. The number of amides is 1. The molecule has 0 spiro atoms. The molecule has 2 rings (SSSR count). The van der Waals surface area contributed by atoms with Crippen LogP contribution in [0.4, 0.5) is 10.1 Å². The molecule has 8 nitrogen and oxygen atoms in total. The maximum atomic E-state index is 14.0. The number of carbonyl (C=O) groups excluding carboxylic acids is 2. The van der Waals surface area contributed by atoms with Crippen molar-refractivity contribution in [2.45, 2.75) is 33.7 Å². The lowest BCUT2D eigenvalue weighted by Gasteiger charge is -2.16. The van der Waals surface area contributed by atoms with E-state index in [-0.39, 0.29) is 36.6 Å². The number of ether oxygens (including phenoxy) is 2. The Hall–Kier alpha value is -3.14. The molecule has 0 aromatic heterocycles. The summed E-state index contributed by atoms with van der Waals surface area (Å²) in [6, 6.07) is 10.3. The van der Waals surface area contributed by atoms with E-state index in [2.05, 4.69) is 10.0 Å². The van der Waals surface area contributed by atoms with Gasteiger partial charge in [-0.1, -0.05) is 32.9 Å². The van der Waals surface area contributed by atoms with E-state index >= 15 is 0 Å². The highest BCUT2D eigenvalue weighted by molar-refractivity contribution is 7.92. The van der Waals surface area contributed by atoms with Gasteiger partial charge in [-0.2, -0.15) is 0 Å². The lowest BCUT2D eigenvalue weighted by molar-refractivity contribution is -0.136. The minimum Gasteiger partial charge on any atom is -0.484 e. The summed E-state index contributed by atoms with van der Waals surface area (Å²) >= 11 is 0. The zero-order valence-electron chi connectivity index (χ0n) is 18.4. The van der Waals surface area contributed by atoms with Gasteiger partial charge in [-0.15, -0.1) is 0 Å². The summed E-state index contributed by atoms with van der Waals surface area (Å²) in [6.07, 6.45) is 1.18. The Kier molecular flexibility index (Phi) is 8.20. The van der Waals surface area contributed by atoms with Crippen LogP contribution in [-0.4, -0.2) is 33.2 Å². The molecule has 0 aliphatic carbocycles. The number of halogens is 1. The molecule has 0 unspecified atom stereocenters. The fraction of sp³-hybridized carbons (Fsp3) is 0.364. The summed E-state index contributed by atoms with van der Waals surface area (Å²) in [5.74, 6) is -0.897. The van der Waals surface area contributed by atoms with Gasteiger partial charge in [0, 0.05) is 12.6 Å². The van der Waals surface area contributed by atoms with Gasteiger partial charge < -0.3 is 14.8 Å². The molecule has 1 amide bonds. The standard InChI is InChI=1S/C22H27FN2O6S/c1-22(2,3)12-21(27)31-17-7-5-6-16(11-17)30-14-20(26)24-13-15-8-9-19(18(23)10-15)25-32(4,28)29/h5-11,25H,12-14H2,1-4H3,(H,24,26). The third kappa shape index (κ3) is 9.34. The van der Waals surface area contributed by atoms with Crippen molar-refractivity contribution in [1.29, 1.82) is 0 Å². The molecule has 0 fully saturated rings. The van der Waals surface area contributed by atoms with Crippen LogP contribution in [0.25, 0.3) is 0 Å².